The molecule has 3 aliphatic heterocycles. The number of fused-ring (bicyclic) bond motifs is 2. The Hall–Kier alpha value is -6.24. The third-order valence-corrected chi connectivity index (χ3v) is 15.5. The van der Waals surface area contributed by atoms with E-state index in [0.717, 1.165) is 77.7 Å². The van der Waals surface area contributed by atoms with Crippen LogP contribution in [0.25, 0.3) is 21.7 Å². The van der Waals surface area contributed by atoms with Crippen molar-refractivity contribution in [3.8, 4) is 27.4 Å². The van der Waals surface area contributed by atoms with Crippen LogP contribution in [0.15, 0.2) is 72.5 Å². The summed E-state index contributed by atoms with van der Waals surface area (Å²) in [5.74, 6) is 0.138. The summed E-state index contributed by atoms with van der Waals surface area (Å²) in [6, 6.07) is 15.9. The number of benzene rings is 2. The Kier molecular flexibility index (Phi) is 13.9. The molecule has 5 aromatic rings. The van der Waals surface area contributed by atoms with Crippen molar-refractivity contribution in [1.29, 1.82) is 0 Å². The maximum Gasteiger partial charge on any atom is 0.246 e. The zero-order valence-electron chi connectivity index (χ0n) is 40.1. The number of aliphatic hydroxyl groups is 1. The fourth-order valence-corrected chi connectivity index (χ4v) is 11.5. The summed E-state index contributed by atoms with van der Waals surface area (Å²) in [6.45, 7) is 10.2. The number of phenolic OH excluding ortho intramolecular Hbond substituents is 1. The second-order valence-electron chi connectivity index (χ2n) is 20.4. The first-order valence-electron chi connectivity index (χ1n) is 24.1. The van der Waals surface area contributed by atoms with Crippen LogP contribution in [0.5, 0.6) is 5.75 Å². The highest BCUT2D eigenvalue weighted by Gasteiger charge is 2.46. The van der Waals surface area contributed by atoms with Crippen molar-refractivity contribution >= 4 is 46.5 Å². The summed E-state index contributed by atoms with van der Waals surface area (Å²) < 4.78 is 0. The number of aliphatic hydroxyl groups excluding tert-OH is 1. The van der Waals surface area contributed by atoms with Gasteiger partial charge in [0.15, 0.2) is 5.82 Å². The number of amides is 3. The van der Waals surface area contributed by atoms with Crippen molar-refractivity contribution < 1.29 is 24.6 Å². The number of β-amino-alcohol motifs (C(OH)–C–C–N with tert-alkyl or cyclic N) is 1. The quantitative estimate of drug-likeness (QED) is 0.101. The van der Waals surface area contributed by atoms with E-state index in [1.807, 2.05) is 88.1 Å². The van der Waals surface area contributed by atoms with Gasteiger partial charge in [-0.05, 0) is 87.2 Å². The highest BCUT2D eigenvalue weighted by Crippen LogP contribution is 2.39. The topological polar surface area (TPSA) is 219 Å². The third kappa shape index (κ3) is 10.4. The number of nitrogens with two attached hydrogens (primary N) is 1. The number of nitrogens with zero attached hydrogens (tertiary/aromatic N) is 9. The molecule has 4 aliphatic rings. The summed E-state index contributed by atoms with van der Waals surface area (Å²) >= 11 is 1.59. The van der Waals surface area contributed by atoms with Crippen LogP contribution >= 0.6 is 11.3 Å². The monoisotopic (exact) mass is 956 g/mol. The molecule has 1 saturated carbocycles. The van der Waals surface area contributed by atoms with Gasteiger partial charge in [-0.3, -0.25) is 19.3 Å². The van der Waals surface area contributed by atoms with Gasteiger partial charge in [0.2, 0.25) is 23.7 Å². The molecule has 2 bridgehead atoms. The van der Waals surface area contributed by atoms with E-state index >= 15 is 0 Å². The van der Waals surface area contributed by atoms with Gasteiger partial charge in [-0.15, -0.1) is 21.5 Å². The van der Waals surface area contributed by atoms with Crippen molar-refractivity contribution in [1.82, 2.24) is 45.6 Å². The minimum atomic E-state index is -0.877. The normalized spacial score (nSPS) is 23.0. The molecule has 69 heavy (non-hydrogen) atoms. The van der Waals surface area contributed by atoms with E-state index in [-0.39, 0.29) is 67.0 Å². The SMILES string of the molecule is Cc1ncsc1-c1ccc(CNC(=O)[C@@H]2C[C@@H](O)CN2C(=O)[C@@H](NC(=O)[C@H]2CC[C@@H](N(C)Cc3cnc(N4C5CCC4CN(c4cc(-c6ccccc6O)nnc4N)C5)nc3)CC2)C(C)(C)C)cc1. The molecule has 18 heteroatoms. The first-order valence-corrected chi connectivity index (χ1v) is 25.0. The van der Waals surface area contributed by atoms with Crippen LogP contribution in [0.1, 0.15) is 82.5 Å². The third-order valence-electron chi connectivity index (χ3n) is 14.5. The van der Waals surface area contributed by atoms with Crippen LogP contribution in [0.3, 0.4) is 0 Å². The Morgan fingerprint density at radius 1 is 0.899 bits per heavy atom. The van der Waals surface area contributed by atoms with Gasteiger partial charge >= 0.3 is 0 Å². The fourth-order valence-electron chi connectivity index (χ4n) is 10.7. The lowest BCUT2D eigenvalue weighted by Gasteiger charge is -2.42. The maximum atomic E-state index is 14.3. The van der Waals surface area contributed by atoms with Crippen LogP contribution < -0.4 is 26.2 Å². The average Bonchev–Trinajstić information content (AvgIpc) is 4.03. The summed E-state index contributed by atoms with van der Waals surface area (Å²) in [6.07, 6.45) is 8.19. The molecule has 1 aliphatic carbocycles. The number of aromatic nitrogens is 5. The predicted molar refractivity (Wildman–Crippen MR) is 266 cm³/mol. The van der Waals surface area contributed by atoms with Crippen molar-refractivity contribution in [2.24, 2.45) is 11.3 Å². The first kappa shape index (κ1) is 47.8. The molecule has 9 rings (SSSR count). The number of nitrogens with one attached hydrogen (secondary N) is 2. The van der Waals surface area contributed by atoms with Crippen LogP contribution in [0, 0.1) is 18.3 Å². The van der Waals surface area contributed by atoms with E-state index in [4.69, 9.17) is 15.7 Å². The predicted octanol–water partition coefficient (Wildman–Crippen LogP) is 5.31. The van der Waals surface area contributed by atoms with Gasteiger partial charge in [0, 0.05) is 86.7 Å². The molecule has 3 saturated heterocycles. The summed E-state index contributed by atoms with van der Waals surface area (Å²) in [5, 5.41) is 35.7. The lowest BCUT2D eigenvalue weighted by Crippen LogP contribution is -2.58. The number of carbonyl (C=O) groups excluding carboxylic acids is 3. The van der Waals surface area contributed by atoms with E-state index in [1.54, 1.807) is 23.5 Å². The number of carbonyl (C=O) groups is 3. The number of rotatable bonds is 13. The smallest absolute Gasteiger partial charge is 0.246 e. The number of phenols is 1. The van der Waals surface area contributed by atoms with Crippen molar-refractivity contribution in [3.63, 3.8) is 0 Å². The number of para-hydroxylation sites is 1. The van der Waals surface area contributed by atoms with Crippen molar-refractivity contribution in [2.75, 3.05) is 42.2 Å². The minimum Gasteiger partial charge on any atom is -0.507 e. The molecule has 0 spiro atoms. The first-order chi connectivity index (χ1) is 33.1. The molecule has 6 N–H and O–H groups in total. The lowest BCUT2D eigenvalue weighted by molar-refractivity contribution is -0.144. The van der Waals surface area contributed by atoms with Crippen LogP contribution in [-0.4, -0.2) is 126 Å². The number of aromatic hydroxyl groups is 1. The number of nitrogen functional groups attached to an aromatic ring is 1. The summed E-state index contributed by atoms with van der Waals surface area (Å²) in [5.41, 5.74) is 13.5. The highest BCUT2D eigenvalue weighted by molar-refractivity contribution is 7.13. The Labute approximate surface area is 407 Å². The maximum absolute atomic E-state index is 14.3. The Morgan fingerprint density at radius 3 is 2.25 bits per heavy atom. The molecule has 3 aromatic heterocycles. The van der Waals surface area contributed by atoms with Gasteiger partial charge in [-0.1, -0.05) is 57.2 Å². The van der Waals surface area contributed by atoms with E-state index in [9.17, 15) is 24.6 Å². The van der Waals surface area contributed by atoms with Gasteiger partial charge in [-0.25, -0.2) is 15.0 Å². The van der Waals surface area contributed by atoms with E-state index in [1.165, 1.54) is 4.90 Å². The molecule has 5 atom stereocenters. The molecule has 3 amide bonds. The number of anilines is 3. The molecule has 17 nitrogen and oxygen atoms in total. The van der Waals surface area contributed by atoms with E-state index in [2.05, 4.69) is 47.6 Å². The molecule has 0 radical (unpaired) electrons. The minimum absolute atomic E-state index is 0.0247. The number of likely N-dealkylation sites (tertiary alicyclic amines) is 1. The molecule has 6 heterocycles. The molecular formula is C51H64N12O5S. The number of hydrogen-bond acceptors (Lipinski definition) is 15. The molecule has 4 fully saturated rings. The number of aryl methyl sites for hydroxylation is 1. The molecular weight excluding hydrogens is 893 g/mol. The van der Waals surface area contributed by atoms with Gasteiger partial charge in [0.25, 0.3) is 0 Å². The number of hydrogen-bond donors (Lipinski definition) is 5. The lowest BCUT2D eigenvalue weighted by atomic mass is 9.82. The second-order valence-corrected chi connectivity index (χ2v) is 21.3. The number of thiazole rings is 1. The summed E-state index contributed by atoms with van der Waals surface area (Å²) in [7, 11) is 2.11. The molecule has 2 aromatic carbocycles. The van der Waals surface area contributed by atoms with Gasteiger partial charge in [0.05, 0.1) is 33.6 Å². The average molecular weight is 957 g/mol. The highest BCUT2D eigenvalue weighted by atomic mass is 32.1. The fraction of sp³-hybridized carbons (Fsp3) is 0.490. The van der Waals surface area contributed by atoms with Gasteiger partial charge < -0.3 is 41.3 Å². The Morgan fingerprint density at radius 2 is 1.59 bits per heavy atom. The Balaban J connectivity index is 0.754. The molecule has 364 valence electrons. The van der Waals surface area contributed by atoms with Crippen LogP contribution in [-0.2, 0) is 27.5 Å². The molecule has 2 unspecified atom stereocenters. The zero-order valence-corrected chi connectivity index (χ0v) is 40.9. The standard InChI is InChI=1S/C51H64N12O5S/c1-30-44(69-29-56-30)33-12-10-31(11-13-33)22-53-48(67)42-20-38(64)28-62(42)49(68)45(51(2,3)4)57-47(66)34-14-16-35(17-15-34)60(5)25-32-23-54-50(55-24-32)63-36-18-19-37(63)27-61(26-36)41-21-40(58-59-46(41)52)39-8-6-7-9-43(39)65/h6-13,21,23-24,29,34-38,42,45,64-65H,14-20,22,25-28H2,1-5H3,(H2,52,59)(H,53,67)(H,57,66)/t34-,35+,36?,37?,38-,42+,45-/m1/s1. The number of piperazine rings is 1. The Bertz CT molecular complexity index is 2620. The van der Waals surface area contributed by atoms with E-state index in [0.29, 0.717) is 36.5 Å². The largest absolute Gasteiger partial charge is 0.507 e. The van der Waals surface area contributed by atoms with Crippen molar-refractivity contribution in [3.05, 3.63) is 89.3 Å². The van der Waals surface area contributed by atoms with Crippen LogP contribution in [0.4, 0.5) is 17.5 Å². The van der Waals surface area contributed by atoms with Gasteiger partial charge in [0.1, 0.15) is 17.8 Å². The van der Waals surface area contributed by atoms with Crippen LogP contribution in [0.2, 0.25) is 0 Å². The second kappa shape index (κ2) is 20.0. The summed E-state index contributed by atoms with van der Waals surface area (Å²) in [4.78, 5) is 65.4. The van der Waals surface area contributed by atoms with Crippen molar-refractivity contribution in [2.45, 2.75) is 122 Å². The van der Waals surface area contributed by atoms with E-state index < -0.39 is 23.6 Å². The zero-order chi connectivity index (χ0) is 48.6. The van der Waals surface area contributed by atoms with Gasteiger partial charge in [-0.2, -0.15) is 0 Å².